The van der Waals surface area contributed by atoms with Gasteiger partial charge in [0.2, 0.25) is 0 Å². The monoisotopic (exact) mass is 538 g/mol. The maximum absolute atomic E-state index is 11.4. The molecule has 0 saturated heterocycles. The molecule has 1 heterocycles. The van der Waals surface area contributed by atoms with Crippen LogP contribution in [0.4, 0.5) is 0 Å². The first-order valence-corrected chi connectivity index (χ1v) is 13.6. The van der Waals surface area contributed by atoms with E-state index in [4.69, 9.17) is 9.47 Å². The van der Waals surface area contributed by atoms with Gasteiger partial charge in [0.1, 0.15) is 24.7 Å². The molecule has 0 aliphatic rings. The van der Waals surface area contributed by atoms with Crippen LogP contribution in [0.2, 0.25) is 0 Å². The summed E-state index contributed by atoms with van der Waals surface area (Å²) >= 11 is 1.72. The van der Waals surface area contributed by atoms with Gasteiger partial charge in [-0.3, -0.25) is 4.68 Å². The average molecular weight is 539 g/mol. The van der Waals surface area contributed by atoms with Crippen molar-refractivity contribution in [3.8, 4) is 23.3 Å². The molecular weight excluding hydrogens is 508 g/mol. The third-order valence-corrected chi connectivity index (χ3v) is 6.63. The zero-order chi connectivity index (χ0) is 27.5. The SMILES string of the molecule is COC(=O)COc1ccc(OCC=C(c2ccc(C#CCn3cccn3)cc2)c2ccc(SC)cc2)cc1C. The Morgan fingerprint density at radius 1 is 1.03 bits per heavy atom. The van der Waals surface area contributed by atoms with Crippen LogP contribution >= 0.6 is 11.8 Å². The standard InChI is InChI=1S/C32H30N2O4S/c1-24-22-28(13-16-31(24)38-23-32(35)36-2)37-21-17-30(27-11-14-29(39-3)15-12-27)26-9-7-25(8-10-26)6-4-19-34-20-5-18-33-34/h5,7-18,20,22H,19,21,23H2,1-3H3. The number of ether oxygens (including phenoxy) is 3. The molecule has 7 heteroatoms. The van der Waals surface area contributed by atoms with Crippen LogP contribution in [0.15, 0.2) is 96.2 Å². The molecule has 0 spiro atoms. The fourth-order valence-corrected chi connectivity index (χ4v) is 4.22. The fraction of sp³-hybridized carbons (Fsp3) is 0.188. The minimum Gasteiger partial charge on any atom is -0.489 e. The summed E-state index contributed by atoms with van der Waals surface area (Å²) in [7, 11) is 1.33. The molecule has 0 amide bonds. The second-order valence-electron chi connectivity index (χ2n) is 8.53. The topological polar surface area (TPSA) is 62.6 Å². The molecule has 0 atom stereocenters. The summed E-state index contributed by atoms with van der Waals surface area (Å²) < 4.78 is 18.0. The first-order chi connectivity index (χ1) is 19.1. The highest BCUT2D eigenvalue weighted by molar-refractivity contribution is 7.98. The van der Waals surface area contributed by atoms with Gasteiger partial charge in [0, 0.05) is 22.9 Å². The quantitative estimate of drug-likeness (QED) is 0.140. The van der Waals surface area contributed by atoms with Crippen molar-refractivity contribution in [2.45, 2.75) is 18.4 Å². The first-order valence-electron chi connectivity index (χ1n) is 12.4. The van der Waals surface area contributed by atoms with Gasteiger partial charge in [-0.05, 0) is 90.0 Å². The number of nitrogens with zero attached hydrogens (tertiary/aromatic N) is 2. The summed E-state index contributed by atoms with van der Waals surface area (Å²) in [6.45, 7) is 2.71. The Morgan fingerprint density at radius 3 is 2.41 bits per heavy atom. The Labute approximate surface area is 233 Å². The van der Waals surface area contributed by atoms with Gasteiger partial charge in [-0.25, -0.2) is 4.79 Å². The van der Waals surface area contributed by atoms with Crippen molar-refractivity contribution in [2.24, 2.45) is 0 Å². The number of carbonyl (C=O) groups excluding carboxylic acids is 1. The normalized spacial score (nSPS) is 10.9. The van der Waals surface area contributed by atoms with Crippen molar-refractivity contribution in [2.75, 3.05) is 26.6 Å². The third kappa shape index (κ3) is 8.03. The summed E-state index contributed by atoms with van der Waals surface area (Å²) in [4.78, 5) is 12.6. The highest BCUT2D eigenvalue weighted by Crippen LogP contribution is 2.27. The zero-order valence-corrected chi connectivity index (χ0v) is 23.0. The number of aryl methyl sites for hydroxylation is 1. The molecular formula is C32H30N2O4S. The van der Waals surface area contributed by atoms with E-state index < -0.39 is 5.97 Å². The molecule has 0 radical (unpaired) electrons. The summed E-state index contributed by atoms with van der Waals surface area (Å²) in [6.07, 6.45) is 7.80. The van der Waals surface area contributed by atoms with Gasteiger partial charge in [0.15, 0.2) is 6.61 Å². The Balaban J connectivity index is 1.49. The van der Waals surface area contributed by atoms with Gasteiger partial charge in [-0.15, -0.1) is 11.8 Å². The van der Waals surface area contributed by atoms with E-state index in [1.807, 2.05) is 43.5 Å². The van der Waals surface area contributed by atoms with Gasteiger partial charge in [0.25, 0.3) is 0 Å². The minimum atomic E-state index is -0.424. The van der Waals surface area contributed by atoms with Crippen LogP contribution in [0.25, 0.3) is 5.57 Å². The van der Waals surface area contributed by atoms with E-state index in [1.54, 1.807) is 28.7 Å². The number of methoxy groups -OCH3 is 1. The van der Waals surface area contributed by atoms with E-state index in [0.717, 1.165) is 27.8 Å². The fourth-order valence-electron chi connectivity index (χ4n) is 3.81. The van der Waals surface area contributed by atoms with Crippen molar-refractivity contribution in [3.63, 3.8) is 0 Å². The van der Waals surface area contributed by atoms with Gasteiger partial charge < -0.3 is 14.2 Å². The summed E-state index contributed by atoms with van der Waals surface area (Å²) in [5.74, 6) is 7.27. The van der Waals surface area contributed by atoms with Crippen molar-refractivity contribution in [3.05, 3.63) is 114 Å². The number of thioether (sulfide) groups is 1. The number of hydrogen-bond donors (Lipinski definition) is 0. The third-order valence-electron chi connectivity index (χ3n) is 5.89. The zero-order valence-electron chi connectivity index (χ0n) is 22.2. The van der Waals surface area contributed by atoms with E-state index in [2.05, 4.69) is 70.4 Å². The Hall–Kier alpha value is -4.41. The molecule has 0 aliphatic heterocycles. The molecule has 0 bridgehead atoms. The van der Waals surface area contributed by atoms with E-state index in [-0.39, 0.29) is 6.61 Å². The summed E-state index contributed by atoms with van der Waals surface area (Å²) in [5.41, 5.74) is 5.09. The number of hydrogen-bond acceptors (Lipinski definition) is 6. The predicted molar refractivity (Wildman–Crippen MR) is 155 cm³/mol. The van der Waals surface area contributed by atoms with Crippen molar-refractivity contribution >= 4 is 23.3 Å². The maximum Gasteiger partial charge on any atom is 0.343 e. The Bertz CT molecular complexity index is 1470. The summed E-state index contributed by atoms with van der Waals surface area (Å²) in [6, 6.07) is 24.2. The second kappa shape index (κ2) is 13.9. The summed E-state index contributed by atoms with van der Waals surface area (Å²) in [5, 5.41) is 4.18. The van der Waals surface area contributed by atoms with Gasteiger partial charge in [-0.1, -0.05) is 36.1 Å². The van der Waals surface area contributed by atoms with Crippen LogP contribution in [0.3, 0.4) is 0 Å². The lowest BCUT2D eigenvalue weighted by Crippen LogP contribution is -2.13. The molecule has 0 fully saturated rings. The molecule has 4 aromatic rings. The van der Waals surface area contributed by atoms with Crippen LogP contribution in [-0.2, 0) is 16.1 Å². The van der Waals surface area contributed by atoms with Crippen LogP contribution in [0, 0.1) is 18.8 Å². The lowest BCUT2D eigenvalue weighted by molar-refractivity contribution is -0.142. The number of carbonyl (C=O) groups is 1. The lowest BCUT2D eigenvalue weighted by atomic mass is 9.97. The molecule has 198 valence electrons. The van der Waals surface area contributed by atoms with Gasteiger partial charge >= 0.3 is 5.97 Å². The highest BCUT2D eigenvalue weighted by Gasteiger charge is 2.08. The molecule has 1 aromatic heterocycles. The molecule has 3 aromatic carbocycles. The number of esters is 1. The minimum absolute atomic E-state index is 0.131. The largest absolute Gasteiger partial charge is 0.489 e. The molecule has 6 nitrogen and oxygen atoms in total. The van der Waals surface area contributed by atoms with E-state index in [1.165, 1.54) is 12.0 Å². The second-order valence-corrected chi connectivity index (χ2v) is 9.41. The number of aromatic nitrogens is 2. The molecule has 0 N–H and O–H groups in total. The predicted octanol–water partition coefficient (Wildman–Crippen LogP) is 6.03. The average Bonchev–Trinajstić information content (AvgIpc) is 3.49. The van der Waals surface area contributed by atoms with Crippen molar-refractivity contribution in [1.29, 1.82) is 0 Å². The molecule has 39 heavy (non-hydrogen) atoms. The highest BCUT2D eigenvalue weighted by atomic mass is 32.2. The Morgan fingerprint density at radius 2 is 1.77 bits per heavy atom. The molecule has 0 unspecified atom stereocenters. The first kappa shape index (κ1) is 27.6. The molecule has 0 aliphatic carbocycles. The smallest absolute Gasteiger partial charge is 0.343 e. The van der Waals surface area contributed by atoms with Crippen LogP contribution in [-0.4, -0.2) is 42.3 Å². The van der Waals surface area contributed by atoms with Crippen LogP contribution in [0.5, 0.6) is 11.5 Å². The Kier molecular flexibility index (Phi) is 9.87. The van der Waals surface area contributed by atoms with Crippen molar-refractivity contribution < 1.29 is 19.0 Å². The van der Waals surface area contributed by atoms with Gasteiger partial charge in [0.05, 0.1) is 7.11 Å². The maximum atomic E-state index is 11.4. The van der Waals surface area contributed by atoms with E-state index in [9.17, 15) is 4.79 Å². The van der Waals surface area contributed by atoms with Gasteiger partial charge in [-0.2, -0.15) is 5.10 Å². The van der Waals surface area contributed by atoms with Crippen LogP contribution in [0.1, 0.15) is 22.3 Å². The number of benzene rings is 3. The van der Waals surface area contributed by atoms with E-state index >= 15 is 0 Å². The van der Waals surface area contributed by atoms with Crippen molar-refractivity contribution in [1.82, 2.24) is 9.78 Å². The van der Waals surface area contributed by atoms with E-state index in [0.29, 0.717) is 24.7 Å². The lowest BCUT2D eigenvalue weighted by Gasteiger charge is -2.12. The van der Waals surface area contributed by atoms with Crippen LogP contribution < -0.4 is 9.47 Å². The molecule has 0 saturated carbocycles. The number of rotatable bonds is 10. The molecule has 4 rings (SSSR count).